The van der Waals surface area contributed by atoms with Crippen molar-refractivity contribution in [2.75, 3.05) is 6.54 Å². The lowest BCUT2D eigenvalue weighted by Gasteiger charge is -2.23. The van der Waals surface area contributed by atoms with Crippen molar-refractivity contribution in [2.45, 2.75) is 12.7 Å². The highest BCUT2D eigenvalue weighted by atomic mass is 35.5. The van der Waals surface area contributed by atoms with Gasteiger partial charge in [-0.2, -0.15) is 18.4 Å². The Labute approximate surface area is 173 Å². The van der Waals surface area contributed by atoms with E-state index in [4.69, 9.17) is 16.9 Å². The van der Waals surface area contributed by atoms with Crippen LogP contribution in [0, 0.1) is 11.3 Å². The van der Waals surface area contributed by atoms with E-state index >= 15 is 0 Å². The molecule has 3 aromatic rings. The average molecular weight is 436 g/mol. The van der Waals surface area contributed by atoms with Gasteiger partial charge in [-0.25, -0.2) is 4.98 Å². The maximum Gasteiger partial charge on any atom is 0.406 e. The summed E-state index contributed by atoms with van der Waals surface area (Å²) in [7, 11) is 0. The predicted octanol–water partition coefficient (Wildman–Crippen LogP) is 5.54. The summed E-state index contributed by atoms with van der Waals surface area (Å²) in [5, 5.41) is 11.3. The van der Waals surface area contributed by atoms with E-state index in [1.54, 1.807) is 24.3 Å². The van der Waals surface area contributed by atoms with Crippen LogP contribution >= 0.6 is 22.9 Å². The number of hydrogen-bond acceptors (Lipinski definition) is 4. The van der Waals surface area contributed by atoms with E-state index in [1.165, 1.54) is 29.6 Å². The van der Waals surface area contributed by atoms with Crippen molar-refractivity contribution in [1.29, 1.82) is 5.26 Å². The van der Waals surface area contributed by atoms with Crippen molar-refractivity contribution in [3.8, 4) is 16.6 Å². The van der Waals surface area contributed by atoms with Crippen LogP contribution in [-0.4, -0.2) is 28.5 Å². The number of hydrogen-bond donors (Lipinski definition) is 0. The van der Waals surface area contributed by atoms with E-state index in [0.717, 1.165) is 11.3 Å². The van der Waals surface area contributed by atoms with E-state index in [2.05, 4.69) is 4.98 Å². The Bertz CT molecular complexity index is 1040. The molecule has 0 aliphatic heterocycles. The lowest BCUT2D eigenvalue weighted by atomic mass is 10.1. The fraction of sp³-hybridized carbons (Fsp3) is 0.150. The van der Waals surface area contributed by atoms with Crippen LogP contribution < -0.4 is 0 Å². The Hall–Kier alpha value is -2.89. The molecular formula is C20H13ClF3N3OS. The smallest absolute Gasteiger partial charge is 0.324 e. The van der Waals surface area contributed by atoms with E-state index in [0.29, 0.717) is 31.6 Å². The average Bonchev–Trinajstić information content (AvgIpc) is 3.17. The minimum Gasteiger partial charge on any atom is -0.324 e. The molecule has 1 aromatic heterocycles. The summed E-state index contributed by atoms with van der Waals surface area (Å²) in [5.74, 6) is -0.817. The summed E-state index contributed by atoms with van der Waals surface area (Å²) in [5.41, 5.74) is 1.52. The second-order valence-corrected chi connectivity index (χ2v) is 7.42. The molecule has 9 heteroatoms. The van der Waals surface area contributed by atoms with Crippen molar-refractivity contribution in [1.82, 2.24) is 9.88 Å². The van der Waals surface area contributed by atoms with Crippen LogP contribution in [-0.2, 0) is 6.54 Å². The molecule has 0 spiro atoms. The Kier molecular flexibility index (Phi) is 6.20. The molecule has 0 N–H and O–H groups in total. The van der Waals surface area contributed by atoms with E-state index in [-0.39, 0.29) is 12.2 Å². The first-order valence-corrected chi connectivity index (χ1v) is 9.57. The van der Waals surface area contributed by atoms with Gasteiger partial charge >= 0.3 is 6.18 Å². The third-order valence-electron chi connectivity index (χ3n) is 3.93. The second-order valence-electron chi connectivity index (χ2n) is 6.13. The summed E-state index contributed by atoms with van der Waals surface area (Å²) >= 11 is 7.02. The van der Waals surface area contributed by atoms with Gasteiger partial charge in [0.2, 0.25) is 0 Å². The molecule has 0 aliphatic carbocycles. The molecule has 29 heavy (non-hydrogen) atoms. The van der Waals surface area contributed by atoms with E-state index in [9.17, 15) is 18.0 Å². The first-order chi connectivity index (χ1) is 13.7. The summed E-state index contributed by atoms with van der Waals surface area (Å²) in [6, 6.07) is 14.7. The van der Waals surface area contributed by atoms with Gasteiger partial charge in [-0.05, 0) is 29.8 Å². The molecule has 4 nitrogen and oxygen atoms in total. The minimum atomic E-state index is -4.56. The van der Waals surface area contributed by atoms with Crippen LogP contribution in [0.5, 0.6) is 0 Å². The molecule has 1 amide bonds. The lowest BCUT2D eigenvalue weighted by Crippen LogP contribution is -2.38. The van der Waals surface area contributed by atoms with Crippen LogP contribution in [0.3, 0.4) is 0 Å². The molecule has 0 unspecified atom stereocenters. The number of thiazole rings is 1. The van der Waals surface area contributed by atoms with Crippen LogP contribution in [0.4, 0.5) is 13.2 Å². The quantitative estimate of drug-likeness (QED) is 0.528. The van der Waals surface area contributed by atoms with Gasteiger partial charge in [0, 0.05) is 22.5 Å². The van der Waals surface area contributed by atoms with Gasteiger partial charge in [0.1, 0.15) is 17.2 Å². The largest absolute Gasteiger partial charge is 0.406 e. The van der Waals surface area contributed by atoms with Gasteiger partial charge in [0.05, 0.1) is 11.6 Å². The highest BCUT2D eigenvalue weighted by Crippen LogP contribution is 2.27. The lowest BCUT2D eigenvalue weighted by molar-refractivity contribution is -0.141. The van der Waals surface area contributed by atoms with Gasteiger partial charge in [-0.15, -0.1) is 11.3 Å². The Balaban J connectivity index is 1.84. The van der Waals surface area contributed by atoms with Crippen LogP contribution in [0.1, 0.15) is 21.6 Å². The molecule has 1 heterocycles. The zero-order valence-corrected chi connectivity index (χ0v) is 16.4. The Morgan fingerprint density at radius 1 is 1.14 bits per heavy atom. The van der Waals surface area contributed by atoms with Crippen molar-refractivity contribution in [3.63, 3.8) is 0 Å². The topological polar surface area (TPSA) is 57.0 Å². The zero-order chi connectivity index (χ0) is 21.0. The highest BCUT2D eigenvalue weighted by Gasteiger charge is 2.34. The van der Waals surface area contributed by atoms with Gasteiger partial charge < -0.3 is 4.90 Å². The standard InChI is InChI=1S/C20H13ClF3N3OS/c21-16-7-5-15(6-8-16)18-26-17(11-29-18)19(28)27(12-20(22,23)24)10-14-3-1-13(9-25)2-4-14/h1-8,11H,10,12H2. The second kappa shape index (κ2) is 8.64. The highest BCUT2D eigenvalue weighted by molar-refractivity contribution is 7.13. The Morgan fingerprint density at radius 2 is 1.79 bits per heavy atom. The van der Waals surface area contributed by atoms with Gasteiger partial charge in [-0.1, -0.05) is 35.9 Å². The molecule has 3 rings (SSSR count). The van der Waals surface area contributed by atoms with Crippen molar-refractivity contribution >= 4 is 28.8 Å². The normalized spacial score (nSPS) is 11.1. The number of benzene rings is 2. The van der Waals surface area contributed by atoms with Gasteiger partial charge in [0.25, 0.3) is 5.91 Å². The molecule has 0 fully saturated rings. The van der Waals surface area contributed by atoms with Crippen LogP contribution in [0.2, 0.25) is 5.02 Å². The minimum absolute atomic E-state index is 0.0576. The van der Waals surface area contributed by atoms with E-state index < -0.39 is 18.6 Å². The van der Waals surface area contributed by atoms with Crippen LogP contribution in [0.15, 0.2) is 53.9 Å². The van der Waals surface area contributed by atoms with Crippen molar-refractivity contribution in [3.05, 3.63) is 75.8 Å². The third kappa shape index (κ3) is 5.56. The number of carbonyl (C=O) groups excluding carboxylic acids is 1. The van der Waals surface area contributed by atoms with E-state index in [1.807, 2.05) is 6.07 Å². The molecule has 0 radical (unpaired) electrons. The molecule has 148 valence electrons. The van der Waals surface area contributed by atoms with Crippen molar-refractivity contribution < 1.29 is 18.0 Å². The molecule has 0 saturated carbocycles. The number of nitriles is 1. The number of carbonyl (C=O) groups is 1. The predicted molar refractivity (Wildman–Crippen MR) is 105 cm³/mol. The SMILES string of the molecule is N#Cc1ccc(CN(CC(F)(F)F)C(=O)c2csc(-c3ccc(Cl)cc3)n2)cc1. The first kappa shape index (κ1) is 20.8. The fourth-order valence-electron chi connectivity index (χ4n) is 2.58. The van der Waals surface area contributed by atoms with Gasteiger partial charge in [-0.3, -0.25) is 4.79 Å². The third-order valence-corrected chi connectivity index (χ3v) is 5.07. The van der Waals surface area contributed by atoms with Gasteiger partial charge in [0.15, 0.2) is 0 Å². The molecule has 0 saturated heterocycles. The van der Waals surface area contributed by atoms with Crippen molar-refractivity contribution in [2.24, 2.45) is 0 Å². The maximum absolute atomic E-state index is 13.0. The molecule has 0 atom stereocenters. The monoisotopic (exact) mass is 435 g/mol. The number of alkyl halides is 3. The zero-order valence-electron chi connectivity index (χ0n) is 14.8. The Morgan fingerprint density at radius 3 is 2.38 bits per heavy atom. The molecule has 0 aliphatic rings. The number of aromatic nitrogens is 1. The summed E-state index contributed by atoms with van der Waals surface area (Å²) < 4.78 is 39.1. The number of rotatable bonds is 5. The molecule has 0 bridgehead atoms. The number of nitrogens with zero attached hydrogens (tertiary/aromatic N) is 3. The summed E-state index contributed by atoms with van der Waals surface area (Å²) in [6.07, 6.45) is -4.56. The number of amides is 1. The molecular weight excluding hydrogens is 423 g/mol. The molecule has 2 aromatic carbocycles. The first-order valence-electron chi connectivity index (χ1n) is 8.32. The fourth-order valence-corrected chi connectivity index (χ4v) is 3.51. The summed E-state index contributed by atoms with van der Waals surface area (Å²) in [4.78, 5) is 17.6. The summed E-state index contributed by atoms with van der Waals surface area (Å²) in [6.45, 7) is -1.66. The maximum atomic E-state index is 13.0. The van der Waals surface area contributed by atoms with Crippen LogP contribution in [0.25, 0.3) is 10.6 Å². The number of halogens is 4.